The Kier molecular flexibility index (Phi) is 17.9. The summed E-state index contributed by atoms with van der Waals surface area (Å²) < 4.78 is 0. The molecule has 0 fully saturated rings. The second-order valence-corrected chi connectivity index (χ2v) is 29.0. The van der Waals surface area contributed by atoms with Gasteiger partial charge >= 0.3 is 0 Å². The number of nitrogens with zero attached hydrogens (tertiary/aromatic N) is 13. The molecule has 0 radical (unpaired) electrons. The topological polar surface area (TPSA) is 152 Å². The molecule has 0 aliphatic rings. The Morgan fingerprint density at radius 1 is 0.186 bits per heavy atom. The third kappa shape index (κ3) is 13.4. The second kappa shape index (κ2) is 30.3. The molecule has 0 N–H and O–H groups in total. The van der Waals surface area contributed by atoms with E-state index >= 15 is 0 Å². The number of para-hydroxylation sites is 4. The summed E-state index contributed by atoms with van der Waals surface area (Å²) in [4.78, 5) is 38.2. The maximum absolute atomic E-state index is 5.32. The fourth-order valence-corrected chi connectivity index (χ4v) is 15.8. The maximum atomic E-state index is 5.32. The van der Waals surface area contributed by atoms with Crippen molar-refractivity contribution in [2.24, 2.45) is 0 Å². The van der Waals surface area contributed by atoms with Crippen LogP contribution in [0, 0.1) is 0 Å². The van der Waals surface area contributed by atoms with Gasteiger partial charge in [-0.2, -0.15) is 9.59 Å². The minimum absolute atomic E-state index is 0.703. The standard InChI is InChI=1S/C53H34N6.C52H33N7/c1-5-15-37(16-6-1)44-33-45-49(52-51(44)57-59(58-52)42-21-11-4-12-22-42)43-23-13-14-24-46(43)54-50(45)40-31-27-36(28-32-40)35-25-29-39(30-26-35)48-34-47(38-17-7-2-8-18-38)55-53(56-48)41-19-9-3-10-20-41;1-3-13-37(14-4-1)42-33-43-49(52-51(42)57-59(58-52)40-15-5-2-6-16-40)41-17-7-8-18-44(41)56-50(43)38-27-25-35(26-28-38)34-21-23-36(24-22-34)39-31-47(45-19-9-11-29-53-45)55-48(32-39)46-20-10-12-30-54-46/h1-34H;1-33H. The molecule has 0 unspecified atom stereocenters. The average Bonchev–Trinajstić information content (AvgIpc) is 1.47. The summed E-state index contributed by atoms with van der Waals surface area (Å²) in [7, 11) is 0. The normalized spacial score (nSPS) is 11.4. The Hall–Kier alpha value is -16.3. The summed E-state index contributed by atoms with van der Waals surface area (Å²) in [6.07, 6.45) is 3.59. The quantitative estimate of drug-likeness (QED) is 0.0957. The van der Waals surface area contributed by atoms with E-state index in [1.807, 2.05) is 158 Å². The van der Waals surface area contributed by atoms with Crippen LogP contribution in [0.2, 0.25) is 0 Å². The van der Waals surface area contributed by atoms with Crippen molar-refractivity contribution in [3.8, 4) is 146 Å². The van der Waals surface area contributed by atoms with E-state index in [0.29, 0.717) is 5.82 Å². The zero-order valence-electron chi connectivity index (χ0n) is 63.5. The fraction of sp³-hybridized carbons (Fsp3) is 0. The molecule has 22 rings (SSSR count). The lowest BCUT2D eigenvalue weighted by atomic mass is 9.93. The summed E-state index contributed by atoms with van der Waals surface area (Å²) in [5.41, 5.74) is 29.7. The average molecular weight is 1510 g/mol. The molecule has 13 nitrogen and oxygen atoms in total. The van der Waals surface area contributed by atoms with Crippen molar-refractivity contribution in [3.05, 3.63) is 407 Å². The van der Waals surface area contributed by atoms with Gasteiger partial charge < -0.3 is 0 Å². The minimum atomic E-state index is 0.703. The Bertz CT molecular complexity index is 6890. The van der Waals surface area contributed by atoms with Crippen LogP contribution in [0.4, 0.5) is 0 Å². The number of rotatable bonds is 14. The van der Waals surface area contributed by atoms with Gasteiger partial charge in [0.15, 0.2) is 5.82 Å². The number of hydrogen-bond donors (Lipinski definition) is 0. The van der Waals surface area contributed by atoms with E-state index in [-0.39, 0.29) is 0 Å². The van der Waals surface area contributed by atoms with Crippen molar-refractivity contribution in [1.29, 1.82) is 0 Å². The van der Waals surface area contributed by atoms with E-state index in [4.69, 9.17) is 45.3 Å². The highest BCUT2D eigenvalue weighted by molar-refractivity contribution is 6.25. The van der Waals surface area contributed by atoms with Crippen molar-refractivity contribution < 1.29 is 0 Å². The van der Waals surface area contributed by atoms with Gasteiger partial charge in [-0.3, -0.25) is 9.97 Å². The molecule has 22 aromatic rings. The molecule has 13 heteroatoms. The van der Waals surface area contributed by atoms with Crippen molar-refractivity contribution in [1.82, 2.24) is 64.9 Å². The van der Waals surface area contributed by atoms with Crippen LogP contribution >= 0.6 is 0 Å². The molecule has 0 aliphatic heterocycles. The van der Waals surface area contributed by atoms with Gasteiger partial charge in [-0.1, -0.05) is 303 Å². The molecular formula is C105H67N13. The second-order valence-electron chi connectivity index (χ2n) is 29.0. The first-order valence-electron chi connectivity index (χ1n) is 39.2. The lowest BCUT2D eigenvalue weighted by Crippen LogP contribution is -1.97. The van der Waals surface area contributed by atoms with E-state index < -0.39 is 0 Å². The Labute approximate surface area is 679 Å². The first kappa shape index (κ1) is 69.7. The molecule has 0 atom stereocenters. The van der Waals surface area contributed by atoms with Crippen LogP contribution in [0.25, 0.3) is 212 Å². The molecule has 0 amide bonds. The minimum Gasteiger partial charge on any atom is -0.255 e. The van der Waals surface area contributed by atoms with E-state index in [0.717, 1.165) is 206 Å². The zero-order valence-corrected chi connectivity index (χ0v) is 63.5. The largest absolute Gasteiger partial charge is 0.255 e. The summed E-state index contributed by atoms with van der Waals surface area (Å²) in [6, 6.07) is 135. The highest BCUT2D eigenvalue weighted by atomic mass is 15.5. The Morgan fingerprint density at radius 2 is 0.508 bits per heavy atom. The van der Waals surface area contributed by atoms with Crippen LogP contribution in [-0.4, -0.2) is 64.9 Å². The molecule has 552 valence electrons. The number of fused-ring (bicyclic) bond motifs is 10. The predicted octanol–water partition coefficient (Wildman–Crippen LogP) is 25.2. The van der Waals surface area contributed by atoms with Gasteiger partial charge in [0.25, 0.3) is 0 Å². The highest BCUT2D eigenvalue weighted by Gasteiger charge is 2.24. The number of aromatic nitrogens is 13. The molecule has 118 heavy (non-hydrogen) atoms. The summed E-state index contributed by atoms with van der Waals surface area (Å²) in [5, 5.41) is 26.8. The van der Waals surface area contributed by atoms with Gasteiger partial charge in [-0.25, -0.2) is 24.9 Å². The molecule has 0 bridgehead atoms. The third-order valence-corrected chi connectivity index (χ3v) is 21.7. The van der Waals surface area contributed by atoms with E-state index in [2.05, 4.69) is 247 Å². The highest BCUT2D eigenvalue weighted by Crippen LogP contribution is 2.45. The van der Waals surface area contributed by atoms with E-state index in [9.17, 15) is 0 Å². The first-order valence-corrected chi connectivity index (χ1v) is 39.2. The monoisotopic (exact) mass is 1510 g/mol. The smallest absolute Gasteiger partial charge is 0.160 e. The van der Waals surface area contributed by atoms with Gasteiger partial charge in [0.1, 0.15) is 22.1 Å². The van der Waals surface area contributed by atoms with Crippen LogP contribution in [0.1, 0.15) is 0 Å². The van der Waals surface area contributed by atoms with Gasteiger partial charge in [0.05, 0.1) is 68.0 Å². The summed E-state index contributed by atoms with van der Waals surface area (Å²) in [6.45, 7) is 0. The lowest BCUT2D eigenvalue weighted by molar-refractivity contribution is 0.766. The van der Waals surface area contributed by atoms with Crippen molar-refractivity contribution in [3.63, 3.8) is 0 Å². The van der Waals surface area contributed by atoms with E-state index in [1.54, 1.807) is 22.0 Å². The molecular weight excluding hydrogens is 1440 g/mol. The van der Waals surface area contributed by atoms with Crippen LogP contribution in [0.5, 0.6) is 0 Å². The Morgan fingerprint density at radius 3 is 0.907 bits per heavy atom. The molecule has 0 aliphatic carbocycles. The van der Waals surface area contributed by atoms with Gasteiger partial charge in [-0.05, 0) is 136 Å². The predicted molar refractivity (Wildman–Crippen MR) is 478 cm³/mol. The van der Waals surface area contributed by atoms with Crippen LogP contribution < -0.4 is 0 Å². The van der Waals surface area contributed by atoms with Crippen molar-refractivity contribution in [2.45, 2.75) is 0 Å². The van der Waals surface area contributed by atoms with Crippen molar-refractivity contribution >= 4 is 65.4 Å². The number of pyridine rings is 5. The molecule has 14 aromatic carbocycles. The SMILES string of the molecule is c1ccc(-c2cc(-c3ccc(-c4ccc(-c5nc6ccccc6c6c5cc(-c5ccccc5)c5nn(-c7ccccc7)nc56)cc4)cc3)nc(-c3ccccc3)n2)cc1.c1ccc(-c2cc3c(-c4ccc(-c5ccc(-c6cc(-c7ccccn7)nc(-c7ccccn7)c6)cc5)cc4)nc4ccccc4c3c3nn(-c4ccccc4)nc23)cc1. The van der Waals surface area contributed by atoms with Gasteiger partial charge in [0, 0.05) is 83.7 Å². The van der Waals surface area contributed by atoms with Crippen LogP contribution in [0.3, 0.4) is 0 Å². The lowest BCUT2D eigenvalue weighted by Gasteiger charge is -2.13. The Balaban J connectivity index is 0.000000147. The van der Waals surface area contributed by atoms with Gasteiger partial charge in [0.2, 0.25) is 0 Å². The molecule has 0 saturated heterocycles. The van der Waals surface area contributed by atoms with E-state index in [1.165, 1.54) is 0 Å². The maximum Gasteiger partial charge on any atom is 0.160 e. The van der Waals surface area contributed by atoms with Crippen molar-refractivity contribution in [2.75, 3.05) is 0 Å². The summed E-state index contributed by atoms with van der Waals surface area (Å²) >= 11 is 0. The zero-order chi connectivity index (χ0) is 78.2. The van der Waals surface area contributed by atoms with Gasteiger partial charge in [-0.15, -0.1) is 20.4 Å². The number of benzene rings is 14. The first-order chi connectivity index (χ1) is 58.5. The molecule has 0 saturated carbocycles. The third-order valence-electron chi connectivity index (χ3n) is 21.7. The summed E-state index contributed by atoms with van der Waals surface area (Å²) in [5.74, 6) is 0.703. The molecule has 0 spiro atoms. The molecule has 8 aromatic heterocycles. The molecule has 8 heterocycles. The van der Waals surface area contributed by atoms with Crippen LogP contribution in [0.15, 0.2) is 407 Å². The fourth-order valence-electron chi connectivity index (χ4n) is 15.8. The van der Waals surface area contributed by atoms with Crippen LogP contribution in [-0.2, 0) is 0 Å². The number of hydrogen-bond acceptors (Lipinski definition) is 11.